The van der Waals surface area contributed by atoms with E-state index in [1.807, 2.05) is 6.07 Å². The highest BCUT2D eigenvalue weighted by Gasteiger charge is 2.22. The Morgan fingerprint density at radius 2 is 1.76 bits per heavy atom. The second kappa shape index (κ2) is 6.41. The first kappa shape index (κ1) is 15.7. The van der Waals surface area contributed by atoms with E-state index in [1.165, 1.54) is 17.0 Å². The van der Waals surface area contributed by atoms with Crippen molar-refractivity contribution >= 4 is 37.4 Å². The van der Waals surface area contributed by atoms with E-state index in [-0.39, 0.29) is 4.90 Å². The van der Waals surface area contributed by atoms with Crippen molar-refractivity contribution in [2.24, 2.45) is 0 Å². The number of para-hydroxylation sites is 1. The SMILES string of the molecule is CN(C(=O)CS(=O)(=O)c1cccc(Br)c1)c1ccccc1. The molecule has 0 saturated heterocycles. The van der Waals surface area contributed by atoms with Crippen molar-refractivity contribution in [3.05, 3.63) is 59.1 Å². The first-order valence-corrected chi connectivity index (χ1v) is 8.64. The van der Waals surface area contributed by atoms with Gasteiger partial charge in [0.05, 0.1) is 4.90 Å². The summed E-state index contributed by atoms with van der Waals surface area (Å²) in [5.41, 5.74) is 0.659. The Labute approximate surface area is 132 Å². The minimum Gasteiger partial charge on any atom is -0.315 e. The number of carbonyl (C=O) groups is 1. The Balaban J connectivity index is 2.19. The maximum absolute atomic E-state index is 12.3. The standard InChI is InChI=1S/C15H14BrNO3S/c1-17(13-7-3-2-4-8-13)15(18)11-21(19,20)14-9-5-6-12(16)10-14/h2-10H,11H2,1H3. The summed E-state index contributed by atoms with van der Waals surface area (Å²) >= 11 is 3.23. The topological polar surface area (TPSA) is 54.5 Å². The predicted molar refractivity (Wildman–Crippen MR) is 86.0 cm³/mol. The summed E-state index contributed by atoms with van der Waals surface area (Å²) in [4.78, 5) is 13.6. The molecule has 1 amide bonds. The van der Waals surface area contributed by atoms with Crippen LogP contribution in [0.15, 0.2) is 64.0 Å². The fourth-order valence-electron chi connectivity index (χ4n) is 1.80. The summed E-state index contributed by atoms with van der Waals surface area (Å²) in [6.07, 6.45) is 0. The summed E-state index contributed by atoms with van der Waals surface area (Å²) in [7, 11) is -2.09. The number of hydrogen-bond acceptors (Lipinski definition) is 3. The number of benzene rings is 2. The molecule has 21 heavy (non-hydrogen) atoms. The number of amides is 1. The van der Waals surface area contributed by atoms with Gasteiger partial charge in [0.15, 0.2) is 9.84 Å². The summed E-state index contributed by atoms with van der Waals surface area (Å²) in [5, 5.41) is 0. The first-order chi connectivity index (χ1) is 9.90. The minimum atomic E-state index is -3.66. The normalized spacial score (nSPS) is 11.1. The molecule has 0 atom stereocenters. The predicted octanol–water partition coefficient (Wildman–Crippen LogP) is 2.89. The molecule has 0 saturated carbocycles. The maximum atomic E-state index is 12.3. The molecule has 4 nitrogen and oxygen atoms in total. The zero-order chi connectivity index (χ0) is 15.5. The van der Waals surface area contributed by atoms with Gasteiger partial charge in [0.2, 0.25) is 5.91 Å². The molecule has 0 radical (unpaired) electrons. The van der Waals surface area contributed by atoms with Crippen molar-refractivity contribution in [1.82, 2.24) is 0 Å². The van der Waals surface area contributed by atoms with Crippen LogP contribution in [0.25, 0.3) is 0 Å². The lowest BCUT2D eigenvalue weighted by Gasteiger charge is -2.17. The van der Waals surface area contributed by atoms with E-state index in [4.69, 9.17) is 0 Å². The third kappa shape index (κ3) is 3.92. The number of nitrogens with zero attached hydrogens (tertiary/aromatic N) is 1. The molecule has 2 aromatic rings. The minimum absolute atomic E-state index is 0.131. The van der Waals surface area contributed by atoms with Crippen molar-refractivity contribution in [1.29, 1.82) is 0 Å². The second-order valence-electron chi connectivity index (χ2n) is 4.50. The third-order valence-electron chi connectivity index (χ3n) is 2.99. The summed E-state index contributed by atoms with van der Waals surface area (Å²) in [6, 6.07) is 15.3. The van der Waals surface area contributed by atoms with Crippen molar-refractivity contribution in [3.63, 3.8) is 0 Å². The van der Waals surface area contributed by atoms with Crippen LogP contribution in [0, 0.1) is 0 Å². The first-order valence-electron chi connectivity index (χ1n) is 6.20. The zero-order valence-corrected chi connectivity index (χ0v) is 13.8. The molecule has 0 aliphatic carbocycles. The van der Waals surface area contributed by atoms with Crippen LogP contribution in [0.1, 0.15) is 0 Å². The van der Waals surface area contributed by atoms with Crippen molar-refractivity contribution < 1.29 is 13.2 Å². The third-order valence-corrected chi connectivity index (χ3v) is 5.08. The fourth-order valence-corrected chi connectivity index (χ4v) is 3.63. The van der Waals surface area contributed by atoms with Crippen molar-refractivity contribution in [3.8, 4) is 0 Å². The monoisotopic (exact) mass is 367 g/mol. The van der Waals surface area contributed by atoms with Gasteiger partial charge in [-0.15, -0.1) is 0 Å². The molecule has 0 aliphatic heterocycles. The average Bonchev–Trinajstić information content (AvgIpc) is 2.47. The number of carbonyl (C=O) groups excluding carboxylic acids is 1. The Kier molecular flexibility index (Phi) is 4.80. The van der Waals surface area contributed by atoms with Crippen LogP contribution >= 0.6 is 15.9 Å². The van der Waals surface area contributed by atoms with Gasteiger partial charge in [-0.1, -0.05) is 40.2 Å². The molecule has 2 aromatic carbocycles. The van der Waals surface area contributed by atoms with Gasteiger partial charge in [0, 0.05) is 17.2 Å². The van der Waals surface area contributed by atoms with Crippen LogP contribution in [0.2, 0.25) is 0 Å². The number of sulfone groups is 1. The molecule has 0 heterocycles. The van der Waals surface area contributed by atoms with Crippen LogP contribution in [0.3, 0.4) is 0 Å². The second-order valence-corrected chi connectivity index (χ2v) is 7.41. The molecule has 110 valence electrons. The van der Waals surface area contributed by atoms with E-state index in [0.29, 0.717) is 10.2 Å². The van der Waals surface area contributed by atoms with E-state index in [1.54, 1.807) is 43.4 Å². The zero-order valence-electron chi connectivity index (χ0n) is 11.4. The van der Waals surface area contributed by atoms with Gasteiger partial charge in [-0.05, 0) is 30.3 Å². The van der Waals surface area contributed by atoms with E-state index >= 15 is 0 Å². The quantitative estimate of drug-likeness (QED) is 0.834. The molecule has 6 heteroatoms. The van der Waals surface area contributed by atoms with Gasteiger partial charge >= 0.3 is 0 Å². The number of anilines is 1. The van der Waals surface area contributed by atoms with Crippen LogP contribution < -0.4 is 4.90 Å². The molecule has 0 spiro atoms. The van der Waals surface area contributed by atoms with Crippen molar-refractivity contribution in [2.45, 2.75) is 4.90 Å². The molecular formula is C15H14BrNO3S. The highest BCUT2D eigenvalue weighted by Crippen LogP contribution is 2.18. The lowest BCUT2D eigenvalue weighted by atomic mass is 10.3. The Morgan fingerprint density at radius 3 is 2.38 bits per heavy atom. The van der Waals surface area contributed by atoms with Crippen molar-refractivity contribution in [2.75, 3.05) is 17.7 Å². The van der Waals surface area contributed by atoms with E-state index in [2.05, 4.69) is 15.9 Å². The molecule has 0 fully saturated rings. The lowest BCUT2D eigenvalue weighted by Crippen LogP contribution is -2.32. The van der Waals surface area contributed by atoms with Gasteiger partial charge < -0.3 is 4.90 Å². The largest absolute Gasteiger partial charge is 0.315 e. The summed E-state index contributed by atoms with van der Waals surface area (Å²) in [5.74, 6) is -1.03. The molecule has 0 N–H and O–H groups in total. The molecule has 0 unspecified atom stereocenters. The molecule has 0 bridgehead atoms. The average molecular weight is 368 g/mol. The molecule has 2 rings (SSSR count). The molecule has 0 aromatic heterocycles. The van der Waals surface area contributed by atoms with Crippen LogP contribution in [-0.4, -0.2) is 27.1 Å². The maximum Gasteiger partial charge on any atom is 0.242 e. The van der Waals surface area contributed by atoms with Gasteiger partial charge in [0.1, 0.15) is 5.75 Å². The van der Waals surface area contributed by atoms with Gasteiger partial charge in [-0.25, -0.2) is 8.42 Å². The highest BCUT2D eigenvalue weighted by atomic mass is 79.9. The summed E-state index contributed by atoms with van der Waals surface area (Å²) in [6.45, 7) is 0. The Morgan fingerprint density at radius 1 is 1.10 bits per heavy atom. The van der Waals surface area contributed by atoms with Crippen LogP contribution in [-0.2, 0) is 14.6 Å². The van der Waals surface area contributed by atoms with Gasteiger partial charge in [-0.3, -0.25) is 4.79 Å². The van der Waals surface area contributed by atoms with Crippen LogP contribution in [0.4, 0.5) is 5.69 Å². The smallest absolute Gasteiger partial charge is 0.242 e. The van der Waals surface area contributed by atoms with E-state index < -0.39 is 21.5 Å². The summed E-state index contributed by atoms with van der Waals surface area (Å²) < 4.78 is 25.2. The number of halogens is 1. The molecular weight excluding hydrogens is 354 g/mol. The lowest BCUT2D eigenvalue weighted by molar-refractivity contribution is -0.115. The molecule has 0 aliphatic rings. The Bertz CT molecular complexity index is 745. The Hall–Kier alpha value is -1.66. The number of hydrogen-bond donors (Lipinski definition) is 0. The highest BCUT2D eigenvalue weighted by molar-refractivity contribution is 9.10. The van der Waals surface area contributed by atoms with E-state index in [0.717, 1.165) is 0 Å². The fraction of sp³-hybridized carbons (Fsp3) is 0.133. The van der Waals surface area contributed by atoms with Crippen LogP contribution in [0.5, 0.6) is 0 Å². The van der Waals surface area contributed by atoms with Gasteiger partial charge in [0.25, 0.3) is 0 Å². The number of rotatable bonds is 4. The van der Waals surface area contributed by atoms with Gasteiger partial charge in [-0.2, -0.15) is 0 Å². The van der Waals surface area contributed by atoms with E-state index in [9.17, 15) is 13.2 Å².